The van der Waals surface area contributed by atoms with E-state index in [4.69, 9.17) is 4.52 Å². The predicted octanol–water partition coefficient (Wildman–Crippen LogP) is 3.41. The Kier molecular flexibility index (Phi) is 5.53. The van der Waals surface area contributed by atoms with Crippen LogP contribution < -0.4 is 10.9 Å². The first-order valence-electron chi connectivity index (χ1n) is 9.51. The third kappa shape index (κ3) is 4.48. The molecule has 0 aliphatic carbocycles. The molecule has 1 amide bonds. The summed E-state index contributed by atoms with van der Waals surface area (Å²) in [4.78, 5) is 41.1. The minimum Gasteiger partial charge on any atom is -0.333 e. The first-order chi connectivity index (χ1) is 15.0. The summed E-state index contributed by atoms with van der Waals surface area (Å²) in [7, 11) is 0. The van der Waals surface area contributed by atoms with Crippen LogP contribution in [-0.4, -0.2) is 26.4 Å². The highest BCUT2D eigenvalue weighted by Gasteiger charge is 2.16. The lowest BCUT2D eigenvalue weighted by molar-refractivity contribution is -0.116. The maximum absolute atomic E-state index is 12.9. The van der Waals surface area contributed by atoms with Crippen molar-refractivity contribution in [3.05, 3.63) is 88.8 Å². The van der Waals surface area contributed by atoms with Gasteiger partial charge in [0.25, 0.3) is 11.4 Å². The smallest absolute Gasteiger partial charge is 0.263 e. The number of rotatable bonds is 6. The van der Waals surface area contributed by atoms with Crippen LogP contribution in [-0.2, 0) is 11.3 Å². The average Bonchev–Trinajstić information content (AvgIpc) is 3.26. The molecule has 2 heterocycles. The first-order valence-corrected chi connectivity index (χ1v) is 9.51. The zero-order chi connectivity index (χ0) is 21.8. The van der Waals surface area contributed by atoms with E-state index in [1.807, 2.05) is 30.3 Å². The van der Waals surface area contributed by atoms with E-state index in [2.05, 4.69) is 15.5 Å². The summed E-state index contributed by atoms with van der Waals surface area (Å²) in [5, 5.41) is 6.63. The van der Waals surface area contributed by atoms with Crippen LogP contribution in [0, 0.1) is 0 Å². The maximum atomic E-state index is 12.9. The predicted molar refractivity (Wildman–Crippen MR) is 115 cm³/mol. The summed E-state index contributed by atoms with van der Waals surface area (Å²) in [6, 6.07) is 19.1. The number of hydrogen-bond acceptors (Lipinski definition) is 6. The second-order valence-electron chi connectivity index (χ2n) is 6.83. The van der Waals surface area contributed by atoms with Gasteiger partial charge in [0.05, 0.1) is 0 Å². The van der Waals surface area contributed by atoms with Crippen LogP contribution >= 0.6 is 0 Å². The Morgan fingerprint density at radius 3 is 2.61 bits per heavy atom. The Morgan fingerprint density at radius 1 is 1.03 bits per heavy atom. The first kappa shape index (κ1) is 20.0. The molecule has 154 valence electrons. The Bertz CT molecular complexity index is 1310. The van der Waals surface area contributed by atoms with E-state index in [0.717, 1.165) is 5.56 Å². The van der Waals surface area contributed by atoms with Gasteiger partial charge in [0, 0.05) is 23.0 Å². The van der Waals surface area contributed by atoms with Crippen molar-refractivity contribution in [1.82, 2.24) is 14.7 Å². The number of hydrogen-bond donors (Lipinski definition) is 1. The van der Waals surface area contributed by atoms with Gasteiger partial charge in [0.2, 0.25) is 11.7 Å². The van der Waals surface area contributed by atoms with Crippen LogP contribution in [0.3, 0.4) is 0 Å². The zero-order valence-electron chi connectivity index (χ0n) is 16.6. The van der Waals surface area contributed by atoms with E-state index in [9.17, 15) is 14.4 Å². The number of nitrogens with zero attached hydrogens (tertiary/aromatic N) is 3. The molecule has 4 aromatic rings. The van der Waals surface area contributed by atoms with Gasteiger partial charge in [-0.25, -0.2) is 0 Å². The number of carbonyl (C=O) groups is 2. The van der Waals surface area contributed by atoms with Gasteiger partial charge < -0.3 is 14.4 Å². The fourth-order valence-corrected chi connectivity index (χ4v) is 3.03. The topological polar surface area (TPSA) is 107 Å². The third-order valence-electron chi connectivity index (χ3n) is 4.58. The van der Waals surface area contributed by atoms with Gasteiger partial charge in [-0.1, -0.05) is 47.6 Å². The summed E-state index contributed by atoms with van der Waals surface area (Å²) < 4.78 is 6.53. The van der Waals surface area contributed by atoms with E-state index in [-0.39, 0.29) is 23.8 Å². The number of pyridine rings is 1. The van der Waals surface area contributed by atoms with E-state index in [1.54, 1.807) is 36.4 Å². The Hall–Kier alpha value is -4.33. The lowest BCUT2D eigenvalue weighted by atomic mass is 10.1. The quantitative estimate of drug-likeness (QED) is 0.485. The van der Waals surface area contributed by atoms with Gasteiger partial charge in [0.15, 0.2) is 5.78 Å². The fourth-order valence-electron chi connectivity index (χ4n) is 3.03. The number of benzene rings is 2. The zero-order valence-corrected chi connectivity index (χ0v) is 16.6. The Morgan fingerprint density at radius 2 is 1.84 bits per heavy atom. The lowest BCUT2D eigenvalue weighted by Crippen LogP contribution is -2.28. The van der Waals surface area contributed by atoms with Gasteiger partial charge in [0.1, 0.15) is 12.1 Å². The highest BCUT2D eigenvalue weighted by Crippen LogP contribution is 2.19. The highest BCUT2D eigenvalue weighted by atomic mass is 16.5. The average molecular weight is 414 g/mol. The highest BCUT2D eigenvalue weighted by molar-refractivity contribution is 5.97. The minimum atomic E-state index is -0.432. The molecule has 0 spiro atoms. The van der Waals surface area contributed by atoms with Crippen LogP contribution in [0.1, 0.15) is 17.3 Å². The number of aromatic nitrogens is 3. The van der Waals surface area contributed by atoms with Crippen LogP contribution in [0.25, 0.3) is 22.8 Å². The molecule has 2 aromatic heterocycles. The van der Waals surface area contributed by atoms with Gasteiger partial charge in [-0.3, -0.25) is 14.4 Å². The van der Waals surface area contributed by atoms with Gasteiger partial charge >= 0.3 is 0 Å². The molecule has 0 aliphatic heterocycles. The van der Waals surface area contributed by atoms with Crippen LogP contribution in [0.5, 0.6) is 0 Å². The monoisotopic (exact) mass is 414 g/mol. The molecule has 0 unspecified atom stereocenters. The van der Waals surface area contributed by atoms with E-state index < -0.39 is 11.5 Å². The second-order valence-corrected chi connectivity index (χ2v) is 6.83. The molecule has 8 nitrogen and oxygen atoms in total. The van der Waals surface area contributed by atoms with Crippen molar-refractivity contribution < 1.29 is 14.1 Å². The molecule has 0 bridgehead atoms. The summed E-state index contributed by atoms with van der Waals surface area (Å²) in [6.45, 7) is 1.24. The summed E-state index contributed by atoms with van der Waals surface area (Å²) in [5.41, 5.74) is 1.50. The number of nitrogens with one attached hydrogen (secondary N) is 1. The number of amides is 1. The Balaban J connectivity index is 1.54. The van der Waals surface area contributed by atoms with Gasteiger partial charge in [-0.2, -0.15) is 4.98 Å². The molecule has 0 saturated carbocycles. The number of Topliss-reactive ketones (excluding diaryl/α,β-unsaturated/α-hetero) is 1. The molecule has 8 heteroatoms. The molecule has 1 N–H and O–H groups in total. The standard InChI is InChI=1S/C23H18N4O4/c1-15(28)17-9-5-10-18(13-17)24-20(29)14-27-12-6-11-19(23(27)30)22-25-21(26-31-22)16-7-3-2-4-8-16/h2-13H,14H2,1H3,(H,24,29). The summed E-state index contributed by atoms with van der Waals surface area (Å²) >= 11 is 0. The molecule has 0 saturated heterocycles. The molecular formula is C23H18N4O4. The SMILES string of the molecule is CC(=O)c1cccc(NC(=O)Cn2cccc(-c3nc(-c4ccccc4)no3)c2=O)c1. The normalized spacial score (nSPS) is 10.6. The summed E-state index contributed by atoms with van der Waals surface area (Å²) in [5.74, 6) is -0.0637. The Labute approximate surface area is 177 Å². The summed E-state index contributed by atoms with van der Waals surface area (Å²) in [6.07, 6.45) is 1.51. The van der Waals surface area contributed by atoms with E-state index in [0.29, 0.717) is 17.1 Å². The van der Waals surface area contributed by atoms with Crippen molar-refractivity contribution in [2.45, 2.75) is 13.5 Å². The van der Waals surface area contributed by atoms with Gasteiger partial charge in [-0.15, -0.1) is 0 Å². The van der Waals surface area contributed by atoms with E-state index in [1.165, 1.54) is 17.7 Å². The number of anilines is 1. The van der Waals surface area contributed by atoms with Crippen molar-refractivity contribution in [3.63, 3.8) is 0 Å². The number of ketones is 1. The van der Waals surface area contributed by atoms with Crippen molar-refractivity contribution in [2.24, 2.45) is 0 Å². The van der Waals surface area contributed by atoms with Crippen LogP contribution in [0.15, 0.2) is 82.2 Å². The van der Waals surface area contributed by atoms with Crippen LogP contribution in [0.2, 0.25) is 0 Å². The van der Waals surface area contributed by atoms with Crippen molar-refractivity contribution in [1.29, 1.82) is 0 Å². The van der Waals surface area contributed by atoms with Crippen molar-refractivity contribution in [3.8, 4) is 22.8 Å². The second kappa shape index (κ2) is 8.58. The molecule has 0 radical (unpaired) electrons. The minimum absolute atomic E-state index is 0.0766. The van der Waals surface area contributed by atoms with Crippen LogP contribution in [0.4, 0.5) is 5.69 Å². The fraction of sp³-hybridized carbons (Fsp3) is 0.0870. The lowest BCUT2D eigenvalue weighted by Gasteiger charge is -2.09. The maximum Gasteiger partial charge on any atom is 0.263 e. The molecule has 2 aromatic carbocycles. The van der Waals surface area contributed by atoms with Gasteiger partial charge in [-0.05, 0) is 31.2 Å². The third-order valence-corrected chi connectivity index (χ3v) is 4.58. The molecular weight excluding hydrogens is 396 g/mol. The van der Waals surface area contributed by atoms with E-state index >= 15 is 0 Å². The largest absolute Gasteiger partial charge is 0.333 e. The molecule has 0 aliphatic rings. The number of carbonyl (C=O) groups excluding carboxylic acids is 2. The van der Waals surface area contributed by atoms with Crippen molar-refractivity contribution in [2.75, 3.05) is 5.32 Å². The molecule has 4 rings (SSSR count). The molecule has 0 fully saturated rings. The van der Waals surface area contributed by atoms with Crippen molar-refractivity contribution >= 4 is 17.4 Å². The molecule has 31 heavy (non-hydrogen) atoms. The molecule has 0 atom stereocenters.